The van der Waals surface area contributed by atoms with Crippen LogP contribution in [0, 0.1) is 0 Å². The fraction of sp³-hybridized carbons (Fsp3) is 0.304. The van der Waals surface area contributed by atoms with Crippen LogP contribution in [0.2, 0.25) is 0 Å². The van der Waals surface area contributed by atoms with Crippen molar-refractivity contribution in [3.63, 3.8) is 0 Å². The predicted molar refractivity (Wildman–Crippen MR) is 117 cm³/mol. The zero-order chi connectivity index (χ0) is 21.0. The van der Waals surface area contributed by atoms with Crippen molar-refractivity contribution in [1.82, 2.24) is 9.62 Å². The maximum Gasteiger partial charge on any atom is 0.240 e. The Morgan fingerprint density at radius 2 is 1.87 bits per heavy atom. The highest BCUT2D eigenvalue weighted by Crippen LogP contribution is 2.22. The second-order valence-corrected chi connectivity index (χ2v) is 9.28. The second kappa shape index (κ2) is 9.14. The summed E-state index contributed by atoms with van der Waals surface area (Å²) in [5.41, 5.74) is 1.10. The molecule has 158 valence electrons. The summed E-state index contributed by atoms with van der Waals surface area (Å²) in [5, 5.41) is 10.8. The lowest BCUT2D eigenvalue weighted by Gasteiger charge is -2.17. The number of sulfonamides is 1. The predicted octanol–water partition coefficient (Wildman–Crippen LogP) is 2.76. The van der Waals surface area contributed by atoms with E-state index in [1.165, 1.54) is 0 Å². The molecule has 1 fully saturated rings. The summed E-state index contributed by atoms with van der Waals surface area (Å²) >= 11 is 0. The molecule has 1 atom stereocenters. The molecule has 3 aromatic carbocycles. The molecule has 6 nitrogen and oxygen atoms in total. The van der Waals surface area contributed by atoms with Gasteiger partial charge in [-0.2, -0.15) is 0 Å². The number of aliphatic hydroxyl groups excluding tert-OH is 1. The molecular formula is C23H26N2O4S. The monoisotopic (exact) mass is 426 g/mol. The van der Waals surface area contributed by atoms with Gasteiger partial charge in [-0.05, 0) is 47.0 Å². The van der Waals surface area contributed by atoms with Crippen LogP contribution in [-0.4, -0.2) is 50.8 Å². The molecule has 0 radical (unpaired) electrons. The summed E-state index contributed by atoms with van der Waals surface area (Å²) < 4.78 is 34.1. The Labute approximate surface area is 177 Å². The van der Waals surface area contributed by atoms with Gasteiger partial charge in [-0.25, -0.2) is 13.1 Å². The maximum absolute atomic E-state index is 12.9. The molecule has 7 heteroatoms. The highest BCUT2D eigenvalue weighted by atomic mass is 32.2. The Balaban J connectivity index is 1.38. The van der Waals surface area contributed by atoms with Gasteiger partial charge in [0.1, 0.15) is 12.4 Å². The van der Waals surface area contributed by atoms with Crippen LogP contribution in [0.25, 0.3) is 10.8 Å². The summed E-state index contributed by atoms with van der Waals surface area (Å²) in [6, 6.07) is 20.6. The molecule has 3 aromatic rings. The SMILES string of the molecule is O=S(=O)(N[C@@H]1CCN(Cc2cccc(OCCO)c2)C1)c1ccc2ccccc2c1. The first-order valence-electron chi connectivity index (χ1n) is 10.1. The minimum absolute atomic E-state index is 0.0185. The molecule has 0 saturated carbocycles. The van der Waals surface area contributed by atoms with Gasteiger partial charge in [-0.15, -0.1) is 0 Å². The number of aliphatic hydroxyl groups is 1. The van der Waals surface area contributed by atoms with Crippen molar-refractivity contribution in [3.05, 3.63) is 72.3 Å². The third-order valence-electron chi connectivity index (χ3n) is 5.29. The molecule has 2 N–H and O–H groups in total. The fourth-order valence-electron chi connectivity index (χ4n) is 3.85. The molecule has 0 spiro atoms. The molecule has 30 heavy (non-hydrogen) atoms. The first kappa shape index (κ1) is 20.8. The third kappa shape index (κ3) is 4.99. The number of benzene rings is 3. The number of hydrogen-bond acceptors (Lipinski definition) is 5. The second-order valence-electron chi connectivity index (χ2n) is 7.57. The van der Waals surface area contributed by atoms with Gasteiger partial charge in [0.2, 0.25) is 10.0 Å². The van der Waals surface area contributed by atoms with E-state index in [9.17, 15) is 8.42 Å². The molecular weight excluding hydrogens is 400 g/mol. The van der Waals surface area contributed by atoms with Gasteiger partial charge >= 0.3 is 0 Å². The Hall–Kier alpha value is -2.45. The largest absolute Gasteiger partial charge is 0.491 e. The van der Waals surface area contributed by atoms with Crippen LogP contribution in [0.3, 0.4) is 0 Å². The number of ether oxygens (including phenoxy) is 1. The zero-order valence-corrected chi connectivity index (χ0v) is 17.5. The van der Waals surface area contributed by atoms with E-state index in [-0.39, 0.29) is 19.3 Å². The van der Waals surface area contributed by atoms with Gasteiger partial charge in [0.15, 0.2) is 0 Å². The van der Waals surface area contributed by atoms with E-state index in [4.69, 9.17) is 9.84 Å². The van der Waals surface area contributed by atoms with Crippen molar-refractivity contribution in [2.75, 3.05) is 26.3 Å². The Kier molecular flexibility index (Phi) is 6.34. The molecule has 0 bridgehead atoms. The van der Waals surface area contributed by atoms with Crippen LogP contribution < -0.4 is 9.46 Å². The number of fused-ring (bicyclic) bond motifs is 1. The molecule has 1 heterocycles. The Bertz CT molecular complexity index is 1120. The minimum Gasteiger partial charge on any atom is -0.491 e. The minimum atomic E-state index is -3.57. The van der Waals surface area contributed by atoms with E-state index < -0.39 is 10.0 Å². The van der Waals surface area contributed by atoms with Crippen LogP contribution in [-0.2, 0) is 16.6 Å². The lowest BCUT2D eigenvalue weighted by Crippen LogP contribution is -2.36. The molecule has 0 aliphatic carbocycles. The van der Waals surface area contributed by atoms with Gasteiger partial charge in [-0.1, -0.05) is 42.5 Å². The lowest BCUT2D eigenvalue weighted by atomic mass is 10.1. The average Bonchev–Trinajstić information content (AvgIpc) is 3.18. The van der Waals surface area contributed by atoms with Crippen molar-refractivity contribution in [2.24, 2.45) is 0 Å². The van der Waals surface area contributed by atoms with Crippen LogP contribution >= 0.6 is 0 Å². The molecule has 1 aliphatic rings. The van der Waals surface area contributed by atoms with Gasteiger partial charge in [-0.3, -0.25) is 4.90 Å². The van der Waals surface area contributed by atoms with Crippen LogP contribution in [0.5, 0.6) is 5.75 Å². The molecule has 0 amide bonds. The first-order valence-corrected chi connectivity index (χ1v) is 11.6. The van der Waals surface area contributed by atoms with Crippen molar-refractivity contribution < 1.29 is 18.3 Å². The van der Waals surface area contributed by atoms with E-state index in [1.54, 1.807) is 12.1 Å². The highest BCUT2D eigenvalue weighted by Gasteiger charge is 2.27. The normalized spacial score (nSPS) is 17.4. The Morgan fingerprint density at radius 3 is 2.70 bits per heavy atom. The van der Waals surface area contributed by atoms with Crippen LogP contribution in [0.1, 0.15) is 12.0 Å². The lowest BCUT2D eigenvalue weighted by molar-refractivity contribution is 0.201. The average molecular weight is 427 g/mol. The summed E-state index contributed by atoms with van der Waals surface area (Å²) in [6.07, 6.45) is 0.771. The van der Waals surface area contributed by atoms with Gasteiger partial charge in [0, 0.05) is 25.7 Å². The number of hydrogen-bond donors (Lipinski definition) is 2. The standard InChI is InChI=1S/C23H26N2O4S/c26-12-13-29-22-7-3-4-18(14-22)16-25-11-10-21(17-25)24-30(27,28)23-9-8-19-5-1-2-6-20(19)15-23/h1-9,14-15,21,24,26H,10-13,16-17H2/t21-/m1/s1. The van der Waals surface area contributed by atoms with Crippen molar-refractivity contribution in [3.8, 4) is 5.75 Å². The maximum atomic E-state index is 12.9. The number of nitrogens with one attached hydrogen (secondary N) is 1. The molecule has 1 saturated heterocycles. The number of rotatable bonds is 8. The van der Waals surface area contributed by atoms with Crippen molar-refractivity contribution >= 4 is 20.8 Å². The molecule has 0 aromatic heterocycles. The number of nitrogens with zero attached hydrogens (tertiary/aromatic N) is 1. The first-order chi connectivity index (χ1) is 14.5. The van der Waals surface area contributed by atoms with Gasteiger partial charge in [0.05, 0.1) is 11.5 Å². The number of likely N-dealkylation sites (tertiary alicyclic amines) is 1. The van der Waals surface area contributed by atoms with E-state index >= 15 is 0 Å². The van der Waals surface area contributed by atoms with Gasteiger partial charge < -0.3 is 9.84 Å². The molecule has 0 unspecified atom stereocenters. The van der Waals surface area contributed by atoms with Crippen molar-refractivity contribution in [1.29, 1.82) is 0 Å². The third-order valence-corrected chi connectivity index (χ3v) is 6.81. The summed E-state index contributed by atoms with van der Waals surface area (Å²) in [6.45, 7) is 2.47. The van der Waals surface area contributed by atoms with Crippen LogP contribution in [0.4, 0.5) is 0 Å². The summed E-state index contributed by atoms with van der Waals surface area (Å²) in [7, 11) is -3.57. The van der Waals surface area contributed by atoms with E-state index in [1.807, 2.05) is 54.6 Å². The Morgan fingerprint density at radius 1 is 1.03 bits per heavy atom. The smallest absolute Gasteiger partial charge is 0.240 e. The summed E-state index contributed by atoms with van der Waals surface area (Å²) in [4.78, 5) is 2.53. The summed E-state index contributed by atoms with van der Waals surface area (Å²) in [5.74, 6) is 0.731. The zero-order valence-electron chi connectivity index (χ0n) is 16.7. The van der Waals surface area contributed by atoms with Crippen LogP contribution in [0.15, 0.2) is 71.6 Å². The quantitative estimate of drug-likeness (QED) is 0.579. The highest BCUT2D eigenvalue weighted by molar-refractivity contribution is 7.89. The molecule has 4 rings (SSSR count). The van der Waals surface area contributed by atoms with Crippen molar-refractivity contribution in [2.45, 2.75) is 23.9 Å². The van der Waals surface area contributed by atoms with E-state index in [2.05, 4.69) is 9.62 Å². The van der Waals surface area contributed by atoms with Gasteiger partial charge in [0.25, 0.3) is 0 Å². The van der Waals surface area contributed by atoms with E-state index in [0.29, 0.717) is 11.4 Å². The fourth-order valence-corrected chi connectivity index (χ4v) is 5.15. The topological polar surface area (TPSA) is 78.9 Å². The van der Waals surface area contributed by atoms with E-state index in [0.717, 1.165) is 41.6 Å². The molecule has 1 aliphatic heterocycles.